The van der Waals surface area contributed by atoms with Crippen LogP contribution in [0.2, 0.25) is 0 Å². The predicted molar refractivity (Wildman–Crippen MR) is 322 cm³/mol. The van der Waals surface area contributed by atoms with Crippen LogP contribution in [0.25, 0.3) is 0 Å². The zero-order valence-corrected chi connectivity index (χ0v) is 48.5. The Bertz CT molecular complexity index is 1560. The van der Waals surface area contributed by atoms with Crippen LogP contribution >= 0.6 is 0 Å². The van der Waals surface area contributed by atoms with Gasteiger partial charge in [-0.3, -0.25) is 4.79 Å². The molecule has 1 saturated heterocycles. The number of aliphatic hydroxyl groups is 5. The molecule has 6 N–H and O–H groups in total. The zero-order chi connectivity index (χ0) is 55.0. The van der Waals surface area contributed by atoms with Crippen LogP contribution in [0.1, 0.15) is 251 Å². The van der Waals surface area contributed by atoms with E-state index in [0.717, 1.165) is 83.5 Å². The van der Waals surface area contributed by atoms with Crippen LogP contribution in [0.5, 0.6) is 0 Å². The number of nitrogens with one attached hydrogen (secondary N) is 1. The van der Waals surface area contributed by atoms with Gasteiger partial charge in [-0.1, -0.05) is 264 Å². The Morgan fingerprint density at radius 3 is 1.26 bits per heavy atom. The summed E-state index contributed by atoms with van der Waals surface area (Å²) < 4.78 is 11.3. The van der Waals surface area contributed by atoms with Gasteiger partial charge in [0.05, 0.1) is 25.4 Å². The first-order valence-corrected chi connectivity index (χ1v) is 31.1. The molecule has 1 aliphatic rings. The number of allylic oxidation sites excluding steroid dienone is 17. The van der Waals surface area contributed by atoms with Crippen LogP contribution < -0.4 is 5.32 Å². The van der Waals surface area contributed by atoms with Gasteiger partial charge in [0, 0.05) is 6.42 Å². The Hall–Kier alpha value is -3.15. The van der Waals surface area contributed by atoms with Gasteiger partial charge in [0.25, 0.3) is 0 Å². The molecule has 0 bridgehead atoms. The van der Waals surface area contributed by atoms with Gasteiger partial charge < -0.3 is 40.3 Å². The SMILES string of the molecule is CC/C=C\C/C=C\C/C=C\C/C=C\C/C=C\C/C=C\C/C=C\CCCCCCCCCCCCCCCCCC(=O)NC(COC1OC(CO)C(O)C(O)C1O)C(O)/C=C/CC/C=C/CCCCCCCCCCCC. The molecular weight excluding hydrogens is 947 g/mol. The van der Waals surface area contributed by atoms with Crippen molar-refractivity contribution in [3.05, 3.63) is 109 Å². The second-order valence-corrected chi connectivity index (χ2v) is 21.1. The van der Waals surface area contributed by atoms with Gasteiger partial charge >= 0.3 is 0 Å². The van der Waals surface area contributed by atoms with E-state index in [0.29, 0.717) is 6.42 Å². The summed E-state index contributed by atoms with van der Waals surface area (Å²) in [5.74, 6) is -0.190. The minimum atomic E-state index is -1.58. The highest BCUT2D eigenvalue weighted by Gasteiger charge is 2.44. The minimum Gasteiger partial charge on any atom is -0.394 e. The maximum Gasteiger partial charge on any atom is 0.220 e. The maximum absolute atomic E-state index is 13.1. The molecule has 1 heterocycles. The van der Waals surface area contributed by atoms with E-state index >= 15 is 0 Å². The molecular formula is C67H115NO8. The summed E-state index contributed by atoms with van der Waals surface area (Å²) in [7, 11) is 0. The molecule has 7 atom stereocenters. The second-order valence-electron chi connectivity index (χ2n) is 21.1. The molecule has 1 amide bonds. The van der Waals surface area contributed by atoms with Crippen molar-refractivity contribution in [2.75, 3.05) is 13.2 Å². The van der Waals surface area contributed by atoms with Crippen molar-refractivity contribution < 1.29 is 39.8 Å². The molecule has 0 aliphatic carbocycles. The van der Waals surface area contributed by atoms with Crippen LogP contribution in [0.3, 0.4) is 0 Å². The Morgan fingerprint density at radius 1 is 0.461 bits per heavy atom. The second kappa shape index (κ2) is 55.2. The van der Waals surface area contributed by atoms with Crippen LogP contribution in [0.4, 0.5) is 0 Å². The molecule has 1 rings (SSSR count). The van der Waals surface area contributed by atoms with Crippen LogP contribution in [0, 0.1) is 0 Å². The number of hydrogen-bond donors (Lipinski definition) is 6. The van der Waals surface area contributed by atoms with E-state index in [1.54, 1.807) is 6.08 Å². The molecule has 1 aliphatic heterocycles. The van der Waals surface area contributed by atoms with Gasteiger partial charge in [-0.15, -0.1) is 0 Å². The lowest BCUT2D eigenvalue weighted by Gasteiger charge is -2.40. The third kappa shape index (κ3) is 43.8. The fourth-order valence-electron chi connectivity index (χ4n) is 9.21. The van der Waals surface area contributed by atoms with Crippen molar-refractivity contribution in [1.82, 2.24) is 5.32 Å². The molecule has 0 aromatic heterocycles. The largest absolute Gasteiger partial charge is 0.394 e. The first kappa shape index (κ1) is 70.9. The molecule has 76 heavy (non-hydrogen) atoms. The fraction of sp³-hybridized carbons (Fsp3) is 0.716. The summed E-state index contributed by atoms with van der Waals surface area (Å²) in [4.78, 5) is 13.1. The first-order valence-electron chi connectivity index (χ1n) is 31.1. The van der Waals surface area contributed by atoms with Gasteiger partial charge in [-0.05, 0) is 89.9 Å². The van der Waals surface area contributed by atoms with Crippen LogP contribution in [0.15, 0.2) is 109 Å². The summed E-state index contributed by atoms with van der Waals surface area (Å²) >= 11 is 0. The average molecular weight is 1060 g/mol. The van der Waals surface area contributed by atoms with Gasteiger partial charge in [0.15, 0.2) is 6.29 Å². The third-order valence-electron chi connectivity index (χ3n) is 14.1. The monoisotopic (exact) mass is 1060 g/mol. The Balaban J connectivity index is 2.14. The Kier molecular flexibility index (Phi) is 51.4. The molecule has 9 nitrogen and oxygen atoms in total. The molecule has 7 unspecified atom stereocenters. The van der Waals surface area contributed by atoms with Crippen LogP contribution in [-0.2, 0) is 14.3 Å². The summed E-state index contributed by atoms with van der Waals surface area (Å²) in [6.07, 6.45) is 74.5. The molecule has 0 aromatic carbocycles. The van der Waals surface area contributed by atoms with E-state index in [-0.39, 0.29) is 12.5 Å². The van der Waals surface area contributed by atoms with E-state index in [4.69, 9.17) is 9.47 Å². The number of ether oxygens (including phenoxy) is 2. The summed E-state index contributed by atoms with van der Waals surface area (Å²) in [5.41, 5.74) is 0. The smallest absolute Gasteiger partial charge is 0.220 e. The van der Waals surface area contributed by atoms with E-state index in [2.05, 4.69) is 116 Å². The number of carbonyl (C=O) groups is 1. The molecule has 436 valence electrons. The van der Waals surface area contributed by atoms with Crippen molar-refractivity contribution in [2.24, 2.45) is 0 Å². The molecule has 0 aromatic rings. The number of carbonyl (C=O) groups excluding carboxylic acids is 1. The van der Waals surface area contributed by atoms with Crippen molar-refractivity contribution in [1.29, 1.82) is 0 Å². The summed E-state index contributed by atoms with van der Waals surface area (Å²) in [6.45, 7) is 3.65. The maximum atomic E-state index is 13.1. The number of aliphatic hydroxyl groups excluding tert-OH is 5. The van der Waals surface area contributed by atoms with E-state index in [1.165, 1.54) is 148 Å². The highest BCUT2D eigenvalue weighted by atomic mass is 16.7. The number of hydrogen-bond acceptors (Lipinski definition) is 8. The quantitative estimate of drug-likeness (QED) is 0.0261. The van der Waals surface area contributed by atoms with Crippen molar-refractivity contribution in [3.63, 3.8) is 0 Å². The summed E-state index contributed by atoms with van der Waals surface area (Å²) in [5, 5.41) is 54.5. The van der Waals surface area contributed by atoms with Gasteiger partial charge in [0.1, 0.15) is 24.4 Å². The Morgan fingerprint density at radius 2 is 0.829 bits per heavy atom. The third-order valence-corrected chi connectivity index (χ3v) is 14.1. The van der Waals surface area contributed by atoms with Gasteiger partial charge in [0.2, 0.25) is 5.91 Å². The van der Waals surface area contributed by atoms with E-state index < -0.39 is 49.5 Å². The first-order chi connectivity index (χ1) is 37.3. The number of rotatable bonds is 52. The lowest BCUT2D eigenvalue weighted by Crippen LogP contribution is -2.60. The van der Waals surface area contributed by atoms with Crippen molar-refractivity contribution >= 4 is 5.91 Å². The lowest BCUT2D eigenvalue weighted by molar-refractivity contribution is -0.302. The molecule has 9 heteroatoms. The van der Waals surface area contributed by atoms with Gasteiger partial charge in [-0.2, -0.15) is 0 Å². The topological polar surface area (TPSA) is 149 Å². The standard InChI is InChI=1S/C67H115NO8/c1-3-5-7-9-11-13-15-17-19-21-22-23-24-25-26-27-28-29-30-31-32-33-34-35-36-37-38-39-40-41-43-45-47-49-51-53-55-57-63(71)68-60(59-75-67-66(74)65(73)64(72)62(58-69)76-67)61(70)56-54-52-50-48-46-44-42-20-18-16-14-12-10-8-6-4-2/h5,7,11,13,17,19,22-23,25-26,28-29,31-32,46,48,54,56,60-62,64-67,69-70,72-74H,3-4,6,8-10,12,14-16,18,20-21,24,27,30,33-45,47,49-53,55,57-59H2,1-2H3,(H,68,71)/b7-5-,13-11-,19-17-,23-22-,26-25-,29-28-,32-31-,48-46+,56-54+. The summed E-state index contributed by atoms with van der Waals surface area (Å²) in [6, 6.07) is -0.827. The highest BCUT2D eigenvalue weighted by molar-refractivity contribution is 5.76. The molecule has 1 fully saturated rings. The van der Waals surface area contributed by atoms with E-state index in [1.807, 2.05) is 6.08 Å². The molecule has 0 radical (unpaired) electrons. The molecule has 0 saturated carbocycles. The zero-order valence-electron chi connectivity index (χ0n) is 48.5. The van der Waals surface area contributed by atoms with Crippen LogP contribution in [-0.4, -0.2) is 87.5 Å². The Labute approximate surface area is 466 Å². The van der Waals surface area contributed by atoms with Crippen molar-refractivity contribution in [3.8, 4) is 0 Å². The lowest BCUT2D eigenvalue weighted by atomic mass is 9.99. The van der Waals surface area contributed by atoms with E-state index in [9.17, 15) is 30.3 Å². The normalized spacial score (nSPS) is 19.6. The average Bonchev–Trinajstić information content (AvgIpc) is 3.42. The minimum absolute atomic E-state index is 0.190. The number of unbranched alkanes of at least 4 members (excludes halogenated alkanes) is 26. The molecule has 0 spiro atoms. The van der Waals surface area contributed by atoms with Crippen molar-refractivity contribution in [2.45, 2.75) is 294 Å². The fourth-order valence-corrected chi connectivity index (χ4v) is 9.21. The highest BCUT2D eigenvalue weighted by Crippen LogP contribution is 2.23. The number of amides is 1. The van der Waals surface area contributed by atoms with Gasteiger partial charge in [-0.25, -0.2) is 0 Å². The predicted octanol–water partition coefficient (Wildman–Crippen LogP) is 16.1.